The van der Waals surface area contributed by atoms with Crippen molar-refractivity contribution in [2.24, 2.45) is 23.3 Å². The Morgan fingerprint density at radius 1 is 0.566 bits per heavy atom. The molecule has 0 bridgehead atoms. The van der Waals surface area contributed by atoms with Gasteiger partial charge in [-0.05, 0) is 139 Å². The molecule has 0 saturated carbocycles. The summed E-state index contributed by atoms with van der Waals surface area (Å²) in [5, 5.41) is 26.9. The number of primary amides is 2. The normalized spacial score (nSPS) is 14.2. The van der Waals surface area contributed by atoms with E-state index in [9.17, 15) is 47.8 Å². The Balaban J connectivity index is 1.30. The average Bonchev–Trinajstić information content (AvgIpc) is 3.36. The Kier molecular flexibility index (Phi) is 19.7. The molecule has 8 N–H and O–H groups in total. The smallest absolute Gasteiger partial charge is 0.306 e. The Hall–Kier alpha value is -7.84. The minimum Gasteiger partial charge on any atom is -0.460 e. The van der Waals surface area contributed by atoms with Crippen molar-refractivity contribution in [1.82, 2.24) is 30.6 Å². The summed E-state index contributed by atoms with van der Waals surface area (Å²) in [6, 6.07) is 22.4. The zero-order valence-electron chi connectivity index (χ0n) is 42.8. The van der Waals surface area contributed by atoms with E-state index in [2.05, 4.69) is 30.6 Å². The van der Waals surface area contributed by atoms with Crippen molar-refractivity contribution < 1.29 is 57.2 Å². The van der Waals surface area contributed by atoms with Crippen LogP contribution < -0.4 is 22.1 Å². The molecule has 0 aliphatic heterocycles. The number of para-hydroxylation sites is 4. The van der Waals surface area contributed by atoms with Crippen LogP contribution in [0.15, 0.2) is 109 Å². The molecule has 0 unspecified atom stereocenters. The van der Waals surface area contributed by atoms with E-state index < -0.39 is 107 Å². The third-order valence-electron chi connectivity index (χ3n) is 12.7. The molecule has 6 atom stereocenters. The summed E-state index contributed by atoms with van der Waals surface area (Å²) in [5.74, 6) is -8.29. The van der Waals surface area contributed by atoms with Gasteiger partial charge in [0.15, 0.2) is 0 Å². The van der Waals surface area contributed by atoms with Crippen molar-refractivity contribution in [3.8, 4) is 0 Å². The first-order valence-corrected chi connectivity index (χ1v) is 24.9. The number of esters is 2. The van der Waals surface area contributed by atoms with Crippen LogP contribution in [0.2, 0.25) is 0 Å². The van der Waals surface area contributed by atoms with Gasteiger partial charge in [0.1, 0.15) is 35.2 Å². The fraction of sp³-hybridized carbons (Fsp3) is 0.393. The Labute approximate surface area is 438 Å². The number of carbonyl (C=O) groups is 6. The highest BCUT2D eigenvalue weighted by atomic mass is 19.1. The summed E-state index contributed by atoms with van der Waals surface area (Å²) in [6.07, 6.45) is -2.05. The topological polar surface area (TPSA) is 289 Å². The molecule has 0 radical (unpaired) electrons. The number of fused-ring (bicyclic) bond motifs is 2. The second-order valence-electron chi connectivity index (χ2n) is 20.2. The Morgan fingerprint density at radius 2 is 0.934 bits per heavy atom. The fourth-order valence-electron chi connectivity index (χ4n) is 8.62. The molecule has 6 rings (SSSR count). The third kappa shape index (κ3) is 17.9. The molecule has 2 heterocycles. The second kappa shape index (κ2) is 26.1. The van der Waals surface area contributed by atoms with Crippen molar-refractivity contribution in [2.45, 2.75) is 127 Å². The van der Waals surface area contributed by atoms with E-state index in [1.807, 2.05) is 0 Å². The van der Waals surface area contributed by atoms with Crippen molar-refractivity contribution in [3.63, 3.8) is 0 Å². The number of ether oxygens (including phenoxy) is 2. The largest absolute Gasteiger partial charge is 0.460 e. The lowest BCUT2D eigenvalue weighted by Gasteiger charge is -2.31. The lowest BCUT2D eigenvalue weighted by molar-refractivity contribution is -0.159. The monoisotopic (exact) mass is 1050 g/mol. The van der Waals surface area contributed by atoms with Crippen LogP contribution >= 0.6 is 0 Å². The number of aliphatic hydroxyl groups is 2. The number of hydrogen-bond donors (Lipinski definition) is 6. The van der Waals surface area contributed by atoms with Crippen LogP contribution in [-0.2, 0) is 41.5 Å². The zero-order chi connectivity index (χ0) is 55.2. The first-order valence-electron chi connectivity index (χ1n) is 24.9. The quantitative estimate of drug-likeness (QED) is 0.0327. The molecule has 0 aliphatic carbocycles. The van der Waals surface area contributed by atoms with E-state index in [0.717, 1.165) is 0 Å². The number of nitrogens with one attached hydrogen (secondary N) is 2. The lowest BCUT2D eigenvalue weighted by atomic mass is 9.87. The van der Waals surface area contributed by atoms with Gasteiger partial charge in [-0.15, -0.1) is 0 Å². The van der Waals surface area contributed by atoms with Crippen LogP contribution in [0.25, 0.3) is 22.1 Å². The molecule has 402 valence electrons. The van der Waals surface area contributed by atoms with E-state index in [1.165, 1.54) is 48.8 Å². The molecule has 20 heteroatoms. The van der Waals surface area contributed by atoms with Crippen molar-refractivity contribution in [2.75, 3.05) is 0 Å². The predicted molar refractivity (Wildman–Crippen MR) is 276 cm³/mol. The van der Waals surface area contributed by atoms with Crippen molar-refractivity contribution in [1.29, 1.82) is 0 Å². The maximum absolute atomic E-state index is 14.7. The highest BCUT2D eigenvalue weighted by Crippen LogP contribution is 2.27. The van der Waals surface area contributed by atoms with Gasteiger partial charge < -0.3 is 41.8 Å². The van der Waals surface area contributed by atoms with Crippen LogP contribution in [0.3, 0.4) is 0 Å². The van der Waals surface area contributed by atoms with E-state index in [1.54, 1.807) is 88.4 Å². The number of hydrogen-bond acceptors (Lipinski definition) is 14. The maximum atomic E-state index is 14.7. The van der Waals surface area contributed by atoms with Gasteiger partial charge in [0, 0.05) is 11.8 Å². The first kappa shape index (κ1) is 57.4. The molecular weight excluding hydrogens is 983 g/mol. The number of nitrogens with zero attached hydrogens (tertiary/aromatic N) is 4. The molecular formula is C56H64F2N8O10. The third-order valence-corrected chi connectivity index (χ3v) is 12.7. The molecule has 2 aromatic heterocycles. The van der Waals surface area contributed by atoms with E-state index in [-0.39, 0.29) is 62.8 Å². The Morgan fingerprint density at radius 3 is 1.28 bits per heavy atom. The molecule has 4 amide bonds. The van der Waals surface area contributed by atoms with E-state index >= 15 is 0 Å². The Bertz CT molecular complexity index is 2820. The highest BCUT2D eigenvalue weighted by Gasteiger charge is 2.36. The number of halogens is 2. The molecule has 6 aromatic rings. The molecule has 18 nitrogen and oxygen atoms in total. The fourth-order valence-corrected chi connectivity index (χ4v) is 8.62. The molecule has 0 spiro atoms. The number of rotatable bonds is 27. The summed E-state index contributed by atoms with van der Waals surface area (Å²) in [5.41, 5.74) is 11.8. The minimum atomic E-state index is -1.37. The molecule has 0 aliphatic rings. The number of benzene rings is 4. The summed E-state index contributed by atoms with van der Waals surface area (Å²) in [4.78, 5) is 99.9. The van der Waals surface area contributed by atoms with Gasteiger partial charge in [-0.3, -0.25) is 38.7 Å². The van der Waals surface area contributed by atoms with Crippen LogP contribution in [0.1, 0.15) is 111 Å². The summed E-state index contributed by atoms with van der Waals surface area (Å²) < 4.78 is 41.5. The van der Waals surface area contributed by atoms with Crippen molar-refractivity contribution in [3.05, 3.63) is 144 Å². The minimum absolute atomic E-state index is 0.0419. The molecule has 4 aromatic carbocycles. The average molecular weight is 1050 g/mol. The van der Waals surface area contributed by atoms with Crippen LogP contribution in [0.4, 0.5) is 8.78 Å². The van der Waals surface area contributed by atoms with Gasteiger partial charge in [-0.25, -0.2) is 18.7 Å². The van der Waals surface area contributed by atoms with Crippen LogP contribution in [0, 0.1) is 23.5 Å². The van der Waals surface area contributed by atoms with Crippen molar-refractivity contribution >= 4 is 57.6 Å². The number of nitrogens with two attached hydrogens (primary N) is 2. The predicted octanol–water partition coefficient (Wildman–Crippen LogP) is 5.92. The first-order chi connectivity index (χ1) is 36.0. The number of aromatic nitrogens is 4. The maximum Gasteiger partial charge on any atom is 0.306 e. The highest BCUT2D eigenvalue weighted by molar-refractivity contribution is 5.95. The van der Waals surface area contributed by atoms with E-state index in [0.29, 0.717) is 33.2 Å². The van der Waals surface area contributed by atoms with Gasteiger partial charge >= 0.3 is 11.9 Å². The summed E-state index contributed by atoms with van der Waals surface area (Å²) in [6.45, 7) is 6.19. The zero-order valence-corrected chi connectivity index (χ0v) is 42.8. The SMILES string of the molecule is CC(C)(O)CC[C@H](C[C@@H](OC(=O)CCC(=O)O[C@H](C[C@@H](CCC(C)(C)O)C(N)=O)[C@H](Cc1cccc(F)c1)NC(=O)c1cnc2ccccc2n1)[C@H](Cc1cccc(F)c1)NC(=O)c1cnc2ccccc2n1)C(N)=O. The van der Waals surface area contributed by atoms with Gasteiger partial charge in [-0.1, -0.05) is 48.5 Å². The van der Waals surface area contributed by atoms with Crippen LogP contribution in [-0.4, -0.2) is 101 Å². The van der Waals surface area contributed by atoms with Gasteiger partial charge in [0.2, 0.25) is 11.8 Å². The molecule has 76 heavy (non-hydrogen) atoms. The van der Waals surface area contributed by atoms with Gasteiger partial charge in [0.25, 0.3) is 11.8 Å². The molecule has 0 saturated heterocycles. The second-order valence-corrected chi connectivity index (χ2v) is 20.2. The lowest BCUT2D eigenvalue weighted by Crippen LogP contribution is -2.49. The van der Waals surface area contributed by atoms with Crippen LogP contribution in [0.5, 0.6) is 0 Å². The summed E-state index contributed by atoms with van der Waals surface area (Å²) in [7, 11) is 0. The summed E-state index contributed by atoms with van der Waals surface area (Å²) >= 11 is 0. The number of carbonyl (C=O) groups excluding carboxylic acids is 6. The standard InChI is InChI=1S/C56H64F2N8O10/c1-55(2,73)23-21-35(51(59)69)29-47(43(27-33-11-9-13-37(57)25-33)65-53(71)45-31-61-39-15-5-7-17-41(39)63-45)75-49(67)19-20-50(68)76-48(30-36(52(60)70)22-24-56(3,4)74)44(28-34-12-10-14-38(58)26-34)66-54(72)46-32-62-40-16-6-8-18-42(40)64-46/h5-18,25-26,31-32,35-36,43-44,47-48,73-74H,19-24,27-30H2,1-4H3,(H2,59,69)(H2,60,70)(H,65,71)(H,66,72)/t35-,36-,43+,44+,47-,48-/m1/s1. The van der Waals surface area contributed by atoms with E-state index in [4.69, 9.17) is 20.9 Å². The van der Waals surface area contributed by atoms with Gasteiger partial charge in [-0.2, -0.15) is 0 Å². The molecule has 0 fully saturated rings. The number of amides is 4. The van der Waals surface area contributed by atoms with Gasteiger partial charge in [0.05, 0.1) is 70.6 Å².